The van der Waals surface area contributed by atoms with Gasteiger partial charge >= 0.3 is 0 Å². The van der Waals surface area contributed by atoms with Crippen molar-refractivity contribution < 1.29 is 4.79 Å². The lowest BCUT2D eigenvalue weighted by molar-refractivity contribution is 0.111. The predicted molar refractivity (Wildman–Crippen MR) is 59.0 cm³/mol. The third-order valence-corrected chi connectivity index (χ3v) is 3.68. The molecule has 0 aromatic carbocycles. The molecule has 6 heteroatoms. The molecule has 2 aromatic rings. The van der Waals surface area contributed by atoms with Gasteiger partial charge in [-0.25, -0.2) is 4.98 Å². The number of aldehydes is 1. The van der Waals surface area contributed by atoms with Gasteiger partial charge in [-0.2, -0.15) is 4.68 Å². The number of hydrogen-bond acceptors (Lipinski definition) is 5. The van der Waals surface area contributed by atoms with Crippen molar-refractivity contribution in [3.05, 3.63) is 23.0 Å². The van der Waals surface area contributed by atoms with Crippen LogP contribution in [0.5, 0.6) is 0 Å². The van der Waals surface area contributed by atoms with Gasteiger partial charge in [0.1, 0.15) is 5.69 Å². The molecule has 1 aliphatic carbocycles. The van der Waals surface area contributed by atoms with Crippen LogP contribution in [-0.2, 0) is 0 Å². The molecule has 2 heterocycles. The van der Waals surface area contributed by atoms with Gasteiger partial charge in [-0.15, -0.1) is 16.4 Å². The minimum absolute atomic E-state index is 0.416. The van der Waals surface area contributed by atoms with Crippen LogP contribution in [0.4, 0.5) is 0 Å². The van der Waals surface area contributed by atoms with Gasteiger partial charge in [-0.1, -0.05) is 11.6 Å². The average Bonchev–Trinajstić information content (AvgIpc) is 2.82. The highest BCUT2D eigenvalue weighted by atomic mass is 32.1. The molecule has 82 valence electrons. The molecule has 3 rings (SSSR count). The molecule has 2 aromatic heterocycles. The van der Waals surface area contributed by atoms with Gasteiger partial charge in [-0.05, 0) is 12.8 Å². The maximum Gasteiger partial charge on any atom is 0.211 e. The summed E-state index contributed by atoms with van der Waals surface area (Å²) in [4.78, 5) is 15.1. The first-order chi connectivity index (χ1) is 7.90. The van der Waals surface area contributed by atoms with Crippen molar-refractivity contribution in [3.63, 3.8) is 0 Å². The summed E-state index contributed by atoms with van der Waals surface area (Å²) < 4.78 is 1.71. The fourth-order valence-electron chi connectivity index (χ4n) is 1.91. The molecule has 0 spiro atoms. The monoisotopic (exact) mass is 234 g/mol. The lowest BCUT2D eigenvalue weighted by Crippen LogP contribution is -2.15. The van der Waals surface area contributed by atoms with Gasteiger partial charge in [0.25, 0.3) is 0 Å². The van der Waals surface area contributed by atoms with Crippen LogP contribution in [0, 0.1) is 0 Å². The van der Waals surface area contributed by atoms with Gasteiger partial charge < -0.3 is 0 Å². The molecule has 0 N–H and O–H groups in total. The first kappa shape index (κ1) is 9.65. The van der Waals surface area contributed by atoms with Gasteiger partial charge in [0.05, 0.1) is 5.69 Å². The van der Waals surface area contributed by atoms with Crippen molar-refractivity contribution in [2.45, 2.75) is 25.2 Å². The number of thiazole rings is 1. The Morgan fingerprint density at radius 2 is 2.38 bits per heavy atom. The second-order valence-corrected chi connectivity index (χ2v) is 4.71. The lowest BCUT2D eigenvalue weighted by atomic mass is 9.82. The van der Waals surface area contributed by atoms with Crippen LogP contribution in [0.1, 0.15) is 41.4 Å². The highest BCUT2D eigenvalue weighted by Gasteiger charge is 2.28. The third kappa shape index (κ3) is 1.37. The summed E-state index contributed by atoms with van der Waals surface area (Å²) in [6.45, 7) is 0. The van der Waals surface area contributed by atoms with E-state index in [1.807, 2.05) is 5.38 Å². The van der Waals surface area contributed by atoms with Crippen molar-refractivity contribution in [3.8, 4) is 5.13 Å². The summed E-state index contributed by atoms with van der Waals surface area (Å²) in [5.41, 5.74) is 1.39. The highest BCUT2D eigenvalue weighted by molar-refractivity contribution is 7.12. The van der Waals surface area contributed by atoms with Crippen LogP contribution in [0.25, 0.3) is 5.13 Å². The largest absolute Gasteiger partial charge is 0.296 e. The maximum atomic E-state index is 10.9. The Balaban J connectivity index is 2.10. The zero-order chi connectivity index (χ0) is 11.0. The van der Waals surface area contributed by atoms with Gasteiger partial charge in [0.2, 0.25) is 5.13 Å². The Labute approximate surface area is 96.1 Å². The van der Waals surface area contributed by atoms with E-state index in [9.17, 15) is 4.79 Å². The highest BCUT2D eigenvalue weighted by Crippen LogP contribution is 2.38. The van der Waals surface area contributed by atoms with E-state index in [1.54, 1.807) is 10.9 Å². The first-order valence-corrected chi connectivity index (χ1v) is 6.08. The molecule has 1 saturated carbocycles. The molecule has 0 saturated heterocycles. The van der Waals surface area contributed by atoms with Crippen molar-refractivity contribution in [2.75, 3.05) is 0 Å². The third-order valence-electron chi connectivity index (χ3n) is 2.94. The SMILES string of the molecule is O=Cc1nnn(-c2nccs2)c1C1CCC1. The first-order valence-electron chi connectivity index (χ1n) is 5.21. The fraction of sp³-hybridized carbons (Fsp3) is 0.400. The van der Waals surface area contributed by atoms with Crippen LogP contribution in [0.3, 0.4) is 0 Å². The Kier molecular flexibility index (Phi) is 2.28. The molecule has 0 bridgehead atoms. The van der Waals surface area contributed by atoms with E-state index in [2.05, 4.69) is 15.3 Å². The molecule has 5 nitrogen and oxygen atoms in total. The Morgan fingerprint density at radius 1 is 1.50 bits per heavy atom. The smallest absolute Gasteiger partial charge is 0.211 e. The number of carbonyl (C=O) groups is 1. The van der Waals surface area contributed by atoms with Crippen LogP contribution in [0.15, 0.2) is 11.6 Å². The lowest BCUT2D eigenvalue weighted by Gasteiger charge is -2.25. The zero-order valence-corrected chi connectivity index (χ0v) is 9.35. The van der Waals surface area contributed by atoms with E-state index in [4.69, 9.17) is 0 Å². The topological polar surface area (TPSA) is 60.7 Å². The summed E-state index contributed by atoms with van der Waals surface area (Å²) in [6, 6.07) is 0. The number of rotatable bonds is 3. The minimum atomic E-state index is 0.416. The van der Waals surface area contributed by atoms with Gasteiger partial charge in [-0.3, -0.25) is 4.79 Å². The molecule has 1 fully saturated rings. The van der Waals surface area contributed by atoms with Gasteiger partial charge in [0, 0.05) is 17.5 Å². The quantitative estimate of drug-likeness (QED) is 0.760. The van der Waals surface area contributed by atoms with Crippen molar-refractivity contribution in [2.24, 2.45) is 0 Å². The summed E-state index contributed by atoms with van der Waals surface area (Å²) in [7, 11) is 0. The van der Waals surface area contributed by atoms with E-state index in [0.717, 1.165) is 30.0 Å². The number of carbonyl (C=O) groups excluding carboxylic acids is 1. The van der Waals surface area contributed by atoms with Crippen molar-refractivity contribution >= 4 is 17.6 Å². The molecule has 16 heavy (non-hydrogen) atoms. The molecule has 0 amide bonds. The predicted octanol–water partition coefficient (Wildman–Crippen LogP) is 1.80. The second kappa shape index (κ2) is 3.79. The van der Waals surface area contributed by atoms with E-state index < -0.39 is 0 Å². The van der Waals surface area contributed by atoms with Crippen LogP contribution in [0.2, 0.25) is 0 Å². The zero-order valence-electron chi connectivity index (χ0n) is 8.54. The van der Waals surface area contributed by atoms with E-state index >= 15 is 0 Å². The summed E-state index contributed by atoms with van der Waals surface area (Å²) in [5, 5.41) is 10.6. The van der Waals surface area contributed by atoms with Crippen molar-refractivity contribution in [1.82, 2.24) is 20.0 Å². The van der Waals surface area contributed by atoms with E-state index in [-0.39, 0.29) is 0 Å². The average molecular weight is 234 g/mol. The standard InChI is InChI=1S/C10H10N4OS/c15-6-8-9(7-2-1-3-7)14(13-12-8)10-11-4-5-16-10/h4-7H,1-3H2. The minimum Gasteiger partial charge on any atom is -0.296 e. The molecule has 0 unspecified atom stereocenters. The van der Waals surface area contributed by atoms with E-state index in [0.29, 0.717) is 11.6 Å². The Bertz CT molecular complexity index is 501. The number of aromatic nitrogens is 4. The van der Waals surface area contributed by atoms with Crippen molar-refractivity contribution in [1.29, 1.82) is 0 Å². The van der Waals surface area contributed by atoms with Crippen LogP contribution >= 0.6 is 11.3 Å². The Morgan fingerprint density at radius 3 is 2.94 bits per heavy atom. The molecular formula is C10H10N4OS. The number of nitrogens with zero attached hydrogens (tertiary/aromatic N) is 4. The molecule has 0 aliphatic heterocycles. The fourth-order valence-corrected chi connectivity index (χ4v) is 2.51. The summed E-state index contributed by atoms with van der Waals surface area (Å²) in [5.74, 6) is 0.416. The molecule has 0 atom stereocenters. The number of hydrogen-bond donors (Lipinski definition) is 0. The van der Waals surface area contributed by atoms with Crippen LogP contribution < -0.4 is 0 Å². The Hall–Kier alpha value is -1.56. The maximum absolute atomic E-state index is 10.9. The molecule has 1 aliphatic rings. The molecule has 0 radical (unpaired) electrons. The molecular weight excluding hydrogens is 224 g/mol. The van der Waals surface area contributed by atoms with E-state index in [1.165, 1.54) is 17.8 Å². The van der Waals surface area contributed by atoms with Gasteiger partial charge in [0.15, 0.2) is 6.29 Å². The summed E-state index contributed by atoms with van der Waals surface area (Å²) >= 11 is 1.50. The summed E-state index contributed by atoms with van der Waals surface area (Å²) in [6.07, 6.45) is 5.95. The second-order valence-electron chi connectivity index (χ2n) is 3.83. The normalized spacial score (nSPS) is 16.0. The van der Waals surface area contributed by atoms with Crippen LogP contribution in [-0.4, -0.2) is 26.3 Å².